The molecule has 0 aromatic heterocycles. The second kappa shape index (κ2) is 7.53. The number of amides is 1. The Morgan fingerprint density at radius 2 is 1.33 bits per heavy atom. The average Bonchev–Trinajstić information content (AvgIpc) is 2.63. The number of hydrogen-bond acceptors (Lipinski definition) is 2. The molecular formula is C20H16N2OS. The Labute approximate surface area is 146 Å². The van der Waals surface area contributed by atoms with E-state index in [0.29, 0.717) is 5.56 Å². The lowest BCUT2D eigenvalue weighted by molar-refractivity contribution is 0.0977. The van der Waals surface area contributed by atoms with Crippen LogP contribution in [0.1, 0.15) is 10.4 Å². The third kappa shape index (κ3) is 3.86. The van der Waals surface area contributed by atoms with Gasteiger partial charge < -0.3 is 5.32 Å². The van der Waals surface area contributed by atoms with Crippen LogP contribution in [0.5, 0.6) is 0 Å². The predicted octanol–water partition coefficient (Wildman–Crippen LogP) is 4.48. The minimum Gasteiger partial charge on any atom is -0.332 e. The smallest absolute Gasteiger partial charge is 0.257 e. The maximum absolute atomic E-state index is 12.2. The van der Waals surface area contributed by atoms with Crippen molar-refractivity contribution in [1.29, 1.82) is 0 Å². The summed E-state index contributed by atoms with van der Waals surface area (Å²) in [4.78, 5) is 12.2. The fraction of sp³-hybridized carbons (Fsp3) is 0. The summed E-state index contributed by atoms with van der Waals surface area (Å²) in [5, 5.41) is 6.08. The van der Waals surface area contributed by atoms with Crippen molar-refractivity contribution in [3.8, 4) is 11.1 Å². The molecule has 0 atom stereocenters. The Kier molecular flexibility index (Phi) is 4.99. The van der Waals surface area contributed by atoms with Gasteiger partial charge in [0.05, 0.1) is 0 Å². The van der Waals surface area contributed by atoms with Crippen molar-refractivity contribution in [2.75, 3.05) is 5.32 Å². The highest BCUT2D eigenvalue weighted by Gasteiger charge is 2.09. The van der Waals surface area contributed by atoms with Crippen LogP contribution in [0.4, 0.5) is 5.69 Å². The molecule has 118 valence electrons. The van der Waals surface area contributed by atoms with E-state index in [4.69, 9.17) is 12.2 Å². The van der Waals surface area contributed by atoms with E-state index >= 15 is 0 Å². The highest BCUT2D eigenvalue weighted by Crippen LogP contribution is 2.27. The number of rotatable bonds is 3. The van der Waals surface area contributed by atoms with Gasteiger partial charge in [0, 0.05) is 16.8 Å². The fourth-order valence-electron chi connectivity index (χ4n) is 2.38. The van der Waals surface area contributed by atoms with E-state index in [1.807, 2.05) is 72.8 Å². The lowest BCUT2D eigenvalue weighted by Gasteiger charge is -2.13. The van der Waals surface area contributed by atoms with Crippen molar-refractivity contribution in [2.45, 2.75) is 0 Å². The van der Waals surface area contributed by atoms with Crippen molar-refractivity contribution in [1.82, 2.24) is 5.32 Å². The number of carbonyl (C=O) groups is 1. The van der Waals surface area contributed by atoms with E-state index in [1.54, 1.807) is 12.1 Å². The summed E-state index contributed by atoms with van der Waals surface area (Å²) in [5.74, 6) is -0.231. The van der Waals surface area contributed by atoms with E-state index in [-0.39, 0.29) is 11.0 Å². The third-order valence-corrected chi connectivity index (χ3v) is 3.73. The van der Waals surface area contributed by atoms with Gasteiger partial charge in [0.2, 0.25) is 0 Å². The number of thiocarbonyl (C=S) groups is 1. The molecule has 1 amide bonds. The largest absolute Gasteiger partial charge is 0.332 e. The van der Waals surface area contributed by atoms with Crippen LogP contribution in [-0.4, -0.2) is 11.0 Å². The van der Waals surface area contributed by atoms with Gasteiger partial charge in [-0.1, -0.05) is 66.7 Å². The van der Waals surface area contributed by atoms with E-state index < -0.39 is 0 Å². The van der Waals surface area contributed by atoms with Crippen molar-refractivity contribution < 1.29 is 4.79 Å². The second-order valence-corrected chi connectivity index (χ2v) is 5.59. The molecule has 0 spiro atoms. The van der Waals surface area contributed by atoms with Crippen LogP contribution in [0.2, 0.25) is 0 Å². The van der Waals surface area contributed by atoms with Crippen molar-refractivity contribution >= 4 is 28.9 Å². The first-order valence-corrected chi connectivity index (χ1v) is 7.97. The van der Waals surface area contributed by atoms with Crippen LogP contribution in [0.3, 0.4) is 0 Å². The maximum atomic E-state index is 12.2. The molecule has 4 heteroatoms. The highest BCUT2D eigenvalue weighted by molar-refractivity contribution is 7.80. The van der Waals surface area contributed by atoms with Crippen molar-refractivity contribution in [2.24, 2.45) is 0 Å². The molecule has 0 unspecified atom stereocenters. The topological polar surface area (TPSA) is 41.1 Å². The van der Waals surface area contributed by atoms with Gasteiger partial charge in [0.15, 0.2) is 5.11 Å². The predicted molar refractivity (Wildman–Crippen MR) is 102 cm³/mol. The summed E-state index contributed by atoms with van der Waals surface area (Å²) in [7, 11) is 0. The quantitative estimate of drug-likeness (QED) is 0.695. The molecule has 0 fully saturated rings. The summed E-state index contributed by atoms with van der Waals surface area (Å²) in [6, 6.07) is 26.9. The van der Waals surface area contributed by atoms with Crippen LogP contribution in [-0.2, 0) is 0 Å². The van der Waals surface area contributed by atoms with Gasteiger partial charge >= 0.3 is 0 Å². The Morgan fingerprint density at radius 1 is 0.750 bits per heavy atom. The van der Waals surface area contributed by atoms with Gasteiger partial charge in [-0.15, -0.1) is 0 Å². The Balaban J connectivity index is 1.75. The zero-order chi connectivity index (χ0) is 16.8. The monoisotopic (exact) mass is 332 g/mol. The van der Waals surface area contributed by atoms with Crippen LogP contribution < -0.4 is 10.6 Å². The molecule has 0 bridgehead atoms. The second-order valence-electron chi connectivity index (χ2n) is 5.19. The van der Waals surface area contributed by atoms with Gasteiger partial charge in [-0.05, 0) is 36.0 Å². The molecule has 0 saturated carbocycles. The summed E-state index contributed by atoms with van der Waals surface area (Å²) in [6.45, 7) is 0. The Bertz CT molecular complexity index is 848. The van der Waals surface area contributed by atoms with Gasteiger partial charge in [-0.25, -0.2) is 0 Å². The lowest BCUT2D eigenvalue weighted by atomic mass is 10.0. The van der Waals surface area contributed by atoms with Crippen LogP contribution in [0, 0.1) is 0 Å². The summed E-state index contributed by atoms with van der Waals surface area (Å²) < 4.78 is 0. The number of benzene rings is 3. The van der Waals surface area contributed by atoms with Crippen molar-refractivity contribution in [3.05, 3.63) is 90.5 Å². The Hall–Kier alpha value is -2.98. The summed E-state index contributed by atoms with van der Waals surface area (Å²) in [6.07, 6.45) is 0. The van der Waals surface area contributed by atoms with E-state index in [0.717, 1.165) is 16.8 Å². The van der Waals surface area contributed by atoms with E-state index in [1.165, 1.54) is 0 Å². The molecule has 0 aliphatic carbocycles. The van der Waals surface area contributed by atoms with Gasteiger partial charge in [-0.2, -0.15) is 0 Å². The normalized spacial score (nSPS) is 10.0. The number of carbonyl (C=O) groups excluding carboxylic acids is 1. The zero-order valence-corrected chi connectivity index (χ0v) is 13.7. The molecule has 3 rings (SSSR count). The minimum absolute atomic E-state index is 0.231. The molecule has 0 aliphatic heterocycles. The zero-order valence-electron chi connectivity index (χ0n) is 12.9. The summed E-state index contributed by atoms with van der Waals surface area (Å²) in [5.41, 5.74) is 3.52. The van der Waals surface area contributed by atoms with Crippen LogP contribution in [0.15, 0.2) is 84.9 Å². The van der Waals surface area contributed by atoms with E-state index in [9.17, 15) is 4.79 Å². The SMILES string of the molecule is O=C(NC(=S)Nc1ccccc1-c1ccccc1)c1ccccc1. The molecule has 3 aromatic rings. The first-order chi connectivity index (χ1) is 11.7. The molecule has 3 nitrogen and oxygen atoms in total. The molecule has 2 N–H and O–H groups in total. The standard InChI is InChI=1S/C20H16N2OS/c23-19(16-11-5-2-6-12-16)22-20(24)21-18-14-8-7-13-17(18)15-9-3-1-4-10-15/h1-14H,(H2,21,22,23,24). The van der Waals surface area contributed by atoms with Crippen molar-refractivity contribution in [3.63, 3.8) is 0 Å². The molecule has 24 heavy (non-hydrogen) atoms. The fourth-order valence-corrected chi connectivity index (χ4v) is 2.58. The number of nitrogens with one attached hydrogen (secondary N) is 2. The lowest BCUT2D eigenvalue weighted by Crippen LogP contribution is -2.34. The molecular weight excluding hydrogens is 316 g/mol. The van der Waals surface area contributed by atoms with Gasteiger partial charge in [0.1, 0.15) is 0 Å². The molecule has 3 aromatic carbocycles. The molecule has 0 aliphatic rings. The average molecular weight is 332 g/mol. The van der Waals surface area contributed by atoms with E-state index in [2.05, 4.69) is 10.6 Å². The van der Waals surface area contributed by atoms with Gasteiger partial charge in [-0.3, -0.25) is 10.1 Å². The first kappa shape index (κ1) is 15.9. The Morgan fingerprint density at radius 3 is 2.04 bits per heavy atom. The third-order valence-electron chi connectivity index (χ3n) is 3.52. The maximum Gasteiger partial charge on any atom is 0.257 e. The molecule has 0 heterocycles. The van der Waals surface area contributed by atoms with Gasteiger partial charge in [0.25, 0.3) is 5.91 Å². The molecule has 0 radical (unpaired) electrons. The minimum atomic E-state index is -0.231. The van der Waals surface area contributed by atoms with Crippen LogP contribution >= 0.6 is 12.2 Å². The summed E-state index contributed by atoms with van der Waals surface area (Å²) >= 11 is 5.28. The number of anilines is 1. The first-order valence-electron chi connectivity index (χ1n) is 7.56. The highest BCUT2D eigenvalue weighted by atomic mass is 32.1. The number of para-hydroxylation sites is 1. The van der Waals surface area contributed by atoms with Crippen LogP contribution in [0.25, 0.3) is 11.1 Å². The number of hydrogen-bond donors (Lipinski definition) is 2. The molecule has 0 saturated heterocycles.